The van der Waals surface area contributed by atoms with Crippen LogP contribution in [0.25, 0.3) is 0 Å². The zero-order chi connectivity index (χ0) is 7.94. The van der Waals surface area contributed by atoms with Gasteiger partial charge < -0.3 is 4.74 Å². The van der Waals surface area contributed by atoms with Crippen LogP contribution >= 0.6 is 0 Å². The molecule has 0 spiro atoms. The van der Waals surface area contributed by atoms with Gasteiger partial charge in [0.05, 0.1) is 0 Å². The lowest BCUT2D eigenvalue weighted by atomic mass is 10.2. The third-order valence-electron chi connectivity index (χ3n) is 1.85. The summed E-state index contributed by atoms with van der Waals surface area (Å²) in [6.45, 7) is 3.10. The van der Waals surface area contributed by atoms with Crippen molar-refractivity contribution in [1.82, 2.24) is 0 Å². The topological polar surface area (TPSA) is 9.23 Å². The maximum atomic E-state index is 5.36. The van der Waals surface area contributed by atoms with Crippen LogP contribution in [0.5, 0.6) is 0 Å². The van der Waals surface area contributed by atoms with E-state index in [0.29, 0.717) is 0 Å². The lowest BCUT2D eigenvalue weighted by Crippen LogP contribution is -1.99. The Hall–Kier alpha value is -0.480. The number of unbranched alkanes of at least 4 members (excludes halogenated alkanes) is 2. The number of rotatable bonds is 2. The van der Waals surface area contributed by atoms with Crippen molar-refractivity contribution in [2.75, 3.05) is 6.61 Å². The van der Waals surface area contributed by atoms with E-state index < -0.39 is 0 Å². The van der Waals surface area contributed by atoms with Gasteiger partial charge >= 0.3 is 0 Å². The first-order valence-corrected chi connectivity index (χ1v) is 4.53. The van der Waals surface area contributed by atoms with Crippen LogP contribution in [-0.2, 0) is 4.74 Å². The van der Waals surface area contributed by atoms with E-state index in [4.69, 9.17) is 4.74 Å². The minimum atomic E-state index is 0.256. The summed E-state index contributed by atoms with van der Waals surface area (Å²) in [5, 5.41) is 0. The molecular weight excluding hydrogens is 136 g/mol. The van der Waals surface area contributed by atoms with Gasteiger partial charge in [-0.15, -0.1) is 5.92 Å². The Bertz CT molecular complexity index is 146. The number of ether oxygens (including phenoxy) is 1. The molecule has 0 amide bonds. The quantitative estimate of drug-likeness (QED) is 0.436. The van der Waals surface area contributed by atoms with Gasteiger partial charge in [-0.1, -0.05) is 19.3 Å². The lowest BCUT2D eigenvalue weighted by molar-refractivity contribution is 0.152. The van der Waals surface area contributed by atoms with E-state index >= 15 is 0 Å². The van der Waals surface area contributed by atoms with Gasteiger partial charge in [0, 0.05) is 13.0 Å². The predicted octanol–water partition coefficient (Wildman–Crippen LogP) is 2.36. The molecule has 0 aromatic rings. The first kappa shape index (κ1) is 8.62. The molecule has 1 aliphatic heterocycles. The van der Waals surface area contributed by atoms with Crippen molar-refractivity contribution in [3.8, 4) is 11.8 Å². The van der Waals surface area contributed by atoms with Gasteiger partial charge in [0.1, 0.15) is 6.10 Å². The van der Waals surface area contributed by atoms with Crippen LogP contribution in [0.3, 0.4) is 0 Å². The third kappa shape index (κ3) is 3.43. The van der Waals surface area contributed by atoms with Crippen LogP contribution in [0, 0.1) is 11.8 Å². The summed E-state index contributed by atoms with van der Waals surface area (Å²) in [6, 6.07) is 0. The molecule has 0 N–H and O–H groups in total. The largest absolute Gasteiger partial charge is 0.366 e. The number of hydrogen-bond acceptors (Lipinski definition) is 1. The molecule has 0 saturated carbocycles. The van der Waals surface area contributed by atoms with Crippen LogP contribution in [0.2, 0.25) is 0 Å². The molecule has 1 fully saturated rings. The lowest BCUT2D eigenvalue weighted by Gasteiger charge is -1.96. The van der Waals surface area contributed by atoms with Gasteiger partial charge in [-0.05, 0) is 19.3 Å². The standard InChI is InChI=1S/C10H16O/c1-2-3-4-5-7-10-8-6-9-11-10/h10H,2-4,6,8-9H2,1H3. The van der Waals surface area contributed by atoms with Crippen molar-refractivity contribution in [2.24, 2.45) is 0 Å². The monoisotopic (exact) mass is 152 g/mol. The molecule has 0 aromatic carbocycles. The summed E-state index contributed by atoms with van der Waals surface area (Å²) < 4.78 is 5.36. The SMILES string of the molecule is CCCCC#CC1CCCO1. The summed E-state index contributed by atoms with van der Waals surface area (Å²) in [5.41, 5.74) is 0. The summed E-state index contributed by atoms with van der Waals surface area (Å²) >= 11 is 0. The van der Waals surface area contributed by atoms with Gasteiger partial charge in [-0.3, -0.25) is 0 Å². The van der Waals surface area contributed by atoms with Crippen molar-refractivity contribution in [3.05, 3.63) is 0 Å². The Morgan fingerprint density at radius 1 is 1.55 bits per heavy atom. The van der Waals surface area contributed by atoms with E-state index in [1.807, 2.05) is 0 Å². The van der Waals surface area contributed by atoms with E-state index in [9.17, 15) is 0 Å². The van der Waals surface area contributed by atoms with Crippen molar-refractivity contribution in [1.29, 1.82) is 0 Å². The summed E-state index contributed by atoms with van der Waals surface area (Å²) in [6.07, 6.45) is 6.08. The smallest absolute Gasteiger partial charge is 0.118 e. The van der Waals surface area contributed by atoms with Gasteiger partial charge in [0.25, 0.3) is 0 Å². The van der Waals surface area contributed by atoms with E-state index in [-0.39, 0.29) is 6.10 Å². The minimum absolute atomic E-state index is 0.256. The van der Waals surface area contributed by atoms with Crippen LogP contribution < -0.4 is 0 Å². The molecule has 0 bridgehead atoms. The summed E-state index contributed by atoms with van der Waals surface area (Å²) in [7, 11) is 0. The first-order valence-electron chi connectivity index (χ1n) is 4.53. The molecule has 1 aliphatic rings. The van der Waals surface area contributed by atoms with E-state index in [1.54, 1.807) is 0 Å². The van der Waals surface area contributed by atoms with Crippen molar-refractivity contribution in [3.63, 3.8) is 0 Å². The Labute approximate surface area is 69.1 Å². The molecule has 1 unspecified atom stereocenters. The van der Waals surface area contributed by atoms with Crippen LogP contribution in [0.15, 0.2) is 0 Å². The van der Waals surface area contributed by atoms with Crippen LogP contribution in [0.4, 0.5) is 0 Å². The van der Waals surface area contributed by atoms with Crippen LogP contribution in [0.1, 0.15) is 39.0 Å². The average molecular weight is 152 g/mol. The highest BCUT2D eigenvalue weighted by Gasteiger charge is 2.11. The fourth-order valence-corrected chi connectivity index (χ4v) is 1.14. The molecule has 1 saturated heterocycles. The highest BCUT2D eigenvalue weighted by molar-refractivity contribution is 5.06. The Balaban J connectivity index is 2.09. The van der Waals surface area contributed by atoms with E-state index in [1.165, 1.54) is 19.3 Å². The van der Waals surface area contributed by atoms with Crippen molar-refractivity contribution in [2.45, 2.75) is 45.1 Å². The highest BCUT2D eigenvalue weighted by atomic mass is 16.5. The fraction of sp³-hybridized carbons (Fsp3) is 0.800. The maximum Gasteiger partial charge on any atom is 0.118 e. The molecule has 1 atom stereocenters. The third-order valence-corrected chi connectivity index (χ3v) is 1.85. The molecule has 0 aliphatic carbocycles. The molecule has 62 valence electrons. The van der Waals surface area contributed by atoms with Gasteiger partial charge in [-0.25, -0.2) is 0 Å². The van der Waals surface area contributed by atoms with Crippen LogP contribution in [-0.4, -0.2) is 12.7 Å². The van der Waals surface area contributed by atoms with Crippen molar-refractivity contribution >= 4 is 0 Å². The second-order valence-corrected chi connectivity index (χ2v) is 2.93. The molecular formula is C10H16O. The highest BCUT2D eigenvalue weighted by Crippen LogP contribution is 2.10. The molecule has 1 heterocycles. The minimum Gasteiger partial charge on any atom is -0.366 e. The molecule has 0 aromatic heterocycles. The van der Waals surface area contributed by atoms with Gasteiger partial charge in [0.15, 0.2) is 0 Å². The van der Waals surface area contributed by atoms with Crippen molar-refractivity contribution < 1.29 is 4.74 Å². The second kappa shape index (κ2) is 5.21. The first-order chi connectivity index (χ1) is 5.43. The van der Waals surface area contributed by atoms with E-state index in [0.717, 1.165) is 19.4 Å². The Morgan fingerprint density at radius 3 is 3.09 bits per heavy atom. The zero-order valence-corrected chi connectivity index (χ0v) is 7.23. The summed E-state index contributed by atoms with van der Waals surface area (Å²) in [4.78, 5) is 0. The average Bonchev–Trinajstić information content (AvgIpc) is 2.50. The summed E-state index contributed by atoms with van der Waals surface area (Å²) in [5.74, 6) is 6.30. The molecule has 11 heavy (non-hydrogen) atoms. The molecule has 1 nitrogen and oxygen atoms in total. The second-order valence-electron chi connectivity index (χ2n) is 2.93. The Morgan fingerprint density at radius 2 is 2.45 bits per heavy atom. The Kier molecular flexibility index (Phi) is 4.08. The maximum absolute atomic E-state index is 5.36. The normalized spacial score (nSPS) is 22.8. The van der Waals surface area contributed by atoms with Gasteiger partial charge in [-0.2, -0.15) is 0 Å². The predicted molar refractivity (Wildman–Crippen MR) is 46.3 cm³/mol. The molecule has 1 rings (SSSR count). The fourth-order valence-electron chi connectivity index (χ4n) is 1.14. The van der Waals surface area contributed by atoms with E-state index in [2.05, 4.69) is 18.8 Å². The number of hydrogen-bond donors (Lipinski definition) is 0. The zero-order valence-electron chi connectivity index (χ0n) is 7.23. The van der Waals surface area contributed by atoms with Gasteiger partial charge in [0.2, 0.25) is 0 Å². The molecule has 0 radical (unpaired) electrons. The molecule has 1 heteroatoms.